The summed E-state index contributed by atoms with van der Waals surface area (Å²) in [4.78, 5) is 12.0. The van der Waals surface area contributed by atoms with E-state index >= 15 is 0 Å². The number of aromatic amines is 1. The van der Waals surface area contributed by atoms with E-state index in [4.69, 9.17) is 11.6 Å². The van der Waals surface area contributed by atoms with Gasteiger partial charge in [-0.05, 0) is 59.9 Å². The summed E-state index contributed by atoms with van der Waals surface area (Å²) in [5, 5.41) is 1.55. The molecule has 4 aromatic rings. The highest BCUT2D eigenvalue weighted by Gasteiger charge is 2.07. The normalized spacial score (nSPS) is 11.2. The number of benzene rings is 1. The van der Waals surface area contributed by atoms with Crippen LogP contribution < -0.4 is 0 Å². The molecule has 0 aliphatic rings. The van der Waals surface area contributed by atoms with Crippen LogP contribution in [-0.2, 0) is 19.3 Å². The number of hydrogen-bond acceptors (Lipinski definition) is 2. The Balaban J connectivity index is 1.43. The molecule has 26 heavy (non-hydrogen) atoms. The lowest BCUT2D eigenvalue weighted by molar-refractivity contribution is 0.608. The molecule has 0 fully saturated rings. The quantitative estimate of drug-likeness (QED) is 0.533. The van der Waals surface area contributed by atoms with Gasteiger partial charge in [-0.1, -0.05) is 23.7 Å². The molecule has 3 heterocycles. The molecule has 0 amide bonds. The first-order valence-electron chi connectivity index (χ1n) is 8.48. The van der Waals surface area contributed by atoms with Gasteiger partial charge < -0.3 is 4.98 Å². The van der Waals surface area contributed by atoms with Gasteiger partial charge in [-0.3, -0.25) is 4.98 Å². The summed E-state index contributed by atoms with van der Waals surface area (Å²) in [7, 11) is 0. The van der Waals surface area contributed by atoms with Crippen molar-refractivity contribution >= 4 is 22.6 Å². The lowest BCUT2D eigenvalue weighted by Gasteiger charge is -2.05. The number of halogens is 2. The molecule has 0 aliphatic heterocycles. The van der Waals surface area contributed by atoms with E-state index < -0.39 is 0 Å². The van der Waals surface area contributed by atoms with Gasteiger partial charge in [0.05, 0.1) is 0 Å². The van der Waals surface area contributed by atoms with Crippen LogP contribution in [0.3, 0.4) is 0 Å². The third-order valence-electron chi connectivity index (χ3n) is 4.48. The van der Waals surface area contributed by atoms with E-state index in [0.29, 0.717) is 23.4 Å². The van der Waals surface area contributed by atoms with Crippen LogP contribution in [0.1, 0.15) is 22.4 Å². The molecule has 4 rings (SSSR count). The van der Waals surface area contributed by atoms with Crippen molar-refractivity contribution < 1.29 is 4.39 Å². The van der Waals surface area contributed by atoms with Crippen molar-refractivity contribution in [1.82, 2.24) is 15.0 Å². The standard InChI is InChI=1S/C21H17ClFN3/c22-17-6-4-15(20(23)11-17)5-8-18-7-3-14(12-25-18)10-16-13-26-21-19(16)2-1-9-24-21/h1-4,6-7,9,11-13H,5,8,10H2,(H,24,26). The Kier molecular flexibility index (Phi) is 4.67. The zero-order chi connectivity index (χ0) is 17.9. The van der Waals surface area contributed by atoms with Gasteiger partial charge in [-0.15, -0.1) is 0 Å². The first-order valence-corrected chi connectivity index (χ1v) is 8.85. The fraction of sp³-hybridized carbons (Fsp3) is 0.143. The third-order valence-corrected chi connectivity index (χ3v) is 4.72. The highest BCUT2D eigenvalue weighted by molar-refractivity contribution is 6.30. The zero-order valence-corrected chi connectivity index (χ0v) is 14.8. The summed E-state index contributed by atoms with van der Waals surface area (Å²) in [5.74, 6) is -0.262. The second-order valence-corrected chi connectivity index (χ2v) is 6.72. The molecule has 0 bridgehead atoms. The number of nitrogens with zero attached hydrogens (tertiary/aromatic N) is 2. The number of pyridine rings is 2. The van der Waals surface area contributed by atoms with Crippen molar-refractivity contribution in [2.24, 2.45) is 0 Å². The van der Waals surface area contributed by atoms with E-state index in [2.05, 4.69) is 27.1 Å². The van der Waals surface area contributed by atoms with E-state index in [9.17, 15) is 4.39 Å². The van der Waals surface area contributed by atoms with E-state index in [1.165, 1.54) is 11.6 Å². The molecule has 0 atom stereocenters. The molecule has 0 saturated carbocycles. The maximum atomic E-state index is 13.8. The number of hydrogen-bond donors (Lipinski definition) is 1. The van der Waals surface area contributed by atoms with Crippen LogP contribution in [0.15, 0.2) is 61.1 Å². The largest absolute Gasteiger partial charge is 0.346 e. The Morgan fingerprint density at radius 1 is 1.00 bits per heavy atom. The van der Waals surface area contributed by atoms with Gasteiger partial charge in [0.15, 0.2) is 0 Å². The number of H-pyrrole nitrogens is 1. The molecule has 0 spiro atoms. The highest BCUT2D eigenvalue weighted by Crippen LogP contribution is 2.20. The summed E-state index contributed by atoms with van der Waals surface area (Å²) in [6, 6.07) is 12.9. The van der Waals surface area contributed by atoms with Crippen LogP contribution in [0.25, 0.3) is 11.0 Å². The minimum Gasteiger partial charge on any atom is -0.346 e. The Hall–Kier alpha value is -2.72. The molecular formula is C21H17ClFN3. The van der Waals surface area contributed by atoms with E-state index in [-0.39, 0.29) is 5.82 Å². The summed E-state index contributed by atoms with van der Waals surface area (Å²) in [5.41, 5.74) is 4.84. The van der Waals surface area contributed by atoms with Crippen LogP contribution in [-0.4, -0.2) is 15.0 Å². The molecule has 130 valence electrons. The summed E-state index contributed by atoms with van der Waals surface area (Å²) in [6.07, 6.45) is 7.75. The molecule has 3 aromatic heterocycles. The smallest absolute Gasteiger partial charge is 0.137 e. The molecule has 0 aliphatic carbocycles. The highest BCUT2D eigenvalue weighted by atomic mass is 35.5. The van der Waals surface area contributed by atoms with Crippen LogP contribution in [0, 0.1) is 5.82 Å². The van der Waals surface area contributed by atoms with Gasteiger partial charge in [0.25, 0.3) is 0 Å². The van der Waals surface area contributed by atoms with E-state index in [1.807, 2.05) is 24.5 Å². The van der Waals surface area contributed by atoms with Crippen LogP contribution in [0.5, 0.6) is 0 Å². The first-order chi connectivity index (χ1) is 12.7. The van der Waals surface area contributed by atoms with Gasteiger partial charge in [0.2, 0.25) is 0 Å². The molecule has 0 unspecified atom stereocenters. The van der Waals surface area contributed by atoms with Gasteiger partial charge >= 0.3 is 0 Å². The maximum absolute atomic E-state index is 13.8. The van der Waals surface area contributed by atoms with E-state index in [0.717, 1.165) is 28.7 Å². The molecule has 0 saturated heterocycles. The Morgan fingerprint density at radius 2 is 1.92 bits per heavy atom. The molecule has 1 N–H and O–H groups in total. The number of nitrogens with one attached hydrogen (secondary N) is 1. The molecule has 5 heteroatoms. The summed E-state index contributed by atoms with van der Waals surface area (Å²) < 4.78 is 13.8. The minimum atomic E-state index is -0.262. The summed E-state index contributed by atoms with van der Waals surface area (Å²) >= 11 is 5.79. The predicted molar refractivity (Wildman–Crippen MR) is 102 cm³/mol. The minimum absolute atomic E-state index is 0.262. The van der Waals surface area contributed by atoms with Gasteiger partial charge in [0.1, 0.15) is 11.5 Å². The third kappa shape index (κ3) is 3.60. The van der Waals surface area contributed by atoms with Gasteiger partial charge in [-0.25, -0.2) is 9.37 Å². The van der Waals surface area contributed by atoms with Crippen LogP contribution in [0.4, 0.5) is 4.39 Å². The number of aromatic nitrogens is 3. The van der Waals surface area contributed by atoms with Crippen molar-refractivity contribution in [3.05, 3.63) is 94.3 Å². The number of fused-ring (bicyclic) bond motifs is 1. The SMILES string of the molecule is Fc1cc(Cl)ccc1CCc1ccc(Cc2c[nH]c3ncccc23)cn1. The Labute approximate surface area is 155 Å². The molecule has 0 radical (unpaired) electrons. The fourth-order valence-electron chi connectivity index (χ4n) is 3.07. The average Bonchev–Trinajstić information content (AvgIpc) is 3.05. The zero-order valence-electron chi connectivity index (χ0n) is 14.0. The second-order valence-electron chi connectivity index (χ2n) is 6.28. The average molecular weight is 366 g/mol. The Morgan fingerprint density at radius 3 is 2.73 bits per heavy atom. The fourth-order valence-corrected chi connectivity index (χ4v) is 3.23. The lowest BCUT2D eigenvalue weighted by atomic mass is 10.0. The van der Waals surface area contributed by atoms with Crippen molar-refractivity contribution in [1.29, 1.82) is 0 Å². The molecule has 3 nitrogen and oxygen atoms in total. The number of rotatable bonds is 5. The number of aryl methyl sites for hydroxylation is 2. The van der Waals surface area contributed by atoms with Gasteiger partial charge in [0, 0.05) is 41.1 Å². The lowest BCUT2D eigenvalue weighted by Crippen LogP contribution is -1.98. The van der Waals surface area contributed by atoms with Gasteiger partial charge in [-0.2, -0.15) is 0 Å². The second kappa shape index (κ2) is 7.26. The Bertz CT molecular complexity index is 1040. The maximum Gasteiger partial charge on any atom is 0.137 e. The van der Waals surface area contributed by atoms with Crippen molar-refractivity contribution in [2.75, 3.05) is 0 Å². The van der Waals surface area contributed by atoms with Crippen LogP contribution >= 0.6 is 11.6 Å². The monoisotopic (exact) mass is 365 g/mol. The van der Waals surface area contributed by atoms with E-state index in [1.54, 1.807) is 18.3 Å². The topological polar surface area (TPSA) is 41.6 Å². The molecule has 1 aromatic carbocycles. The van der Waals surface area contributed by atoms with Crippen LogP contribution in [0.2, 0.25) is 5.02 Å². The first kappa shape index (κ1) is 16.7. The summed E-state index contributed by atoms with van der Waals surface area (Å²) in [6.45, 7) is 0. The molecular weight excluding hydrogens is 349 g/mol. The van der Waals surface area contributed by atoms with Crippen molar-refractivity contribution in [3.63, 3.8) is 0 Å². The van der Waals surface area contributed by atoms with Crippen molar-refractivity contribution in [2.45, 2.75) is 19.3 Å². The van der Waals surface area contributed by atoms with Crippen molar-refractivity contribution in [3.8, 4) is 0 Å². The predicted octanol–water partition coefficient (Wildman–Crippen LogP) is 5.13.